The molecule has 2 N–H and O–H groups in total. The lowest BCUT2D eigenvalue weighted by atomic mass is 9.96. The van der Waals surface area contributed by atoms with Gasteiger partial charge in [-0.3, -0.25) is 9.59 Å². The number of likely N-dealkylation sites (tertiary alicyclic amines) is 1. The van der Waals surface area contributed by atoms with Crippen molar-refractivity contribution < 1.29 is 18.0 Å². The quantitative estimate of drug-likeness (QED) is 0.726. The number of sulfonamides is 1. The number of nitrogens with two attached hydrogens (primary N) is 1. The van der Waals surface area contributed by atoms with Crippen molar-refractivity contribution in [1.29, 1.82) is 0 Å². The first-order valence-corrected chi connectivity index (χ1v) is 11.4. The molecule has 2 amide bonds. The number of benzene rings is 2. The Balaban J connectivity index is 1.80. The van der Waals surface area contributed by atoms with E-state index in [1.807, 2.05) is 37.3 Å². The SMILES string of the molecule is Cc1ccc(S(=O)(=O)N(CC(=O)N2CCC(C(N)=O)CC2)Cc2ccccc2)cc1. The Morgan fingerprint density at radius 1 is 1.03 bits per heavy atom. The summed E-state index contributed by atoms with van der Waals surface area (Å²) in [5, 5.41) is 0. The van der Waals surface area contributed by atoms with Gasteiger partial charge in [-0.2, -0.15) is 4.31 Å². The van der Waals surface area contributed by atoms with E-state index < -0.39 is 10.0 Å². The minimum atomic E-state index is -3.86. The maximum absolute atomic E-state index is 13.3. The Hall–Kier alpha value is -2.71. The second-order valence-electron chi connectivity index (χ2n) is 7.63. The molecule has 7 nitrogen and oxygen atoms in total. The zero-order chi connectivity index (χ0) is 21.7. The third-order valence-electron chi connectivity index (χ3n) is 5.42. The van der Waals surface area contributed by atoms with Crippen LogP contribution in [0.2, 0.25) is 0 Å². The molecule has 1 fully saturated rings. The van der Waals surface area contributed by atoms with Crippen LogP contribution in [0.3, 0.4) is 0 Å². The van der Waals surface area contributed by atoms with Crippen molar-refractivity contribution in [3.63, 3.8) is 0 Å². The number of carbonyl (C=O) groups is 2. The third-order valence-corrected chi connectivity index (χ3v) is 7.23. The number of nitrogens with zero attached hydrogens (tertiary/aromatic N) is 2. The number of primary amides is 1. The molecule has 0 aromatic heterocycles. The van der Waals surface area contributed by atoms with Crippen LogP contribution in [0, 0.1) is 12.8 Å². The molecule has 0 unspecified atom stereocenters. The Bertz CT molecular complexity index is 983. The van der Waals surface area contributed by atoms with Gasteiger partial charge in [-0.05, 0) is 37.5 Å². The van der Waals surface area contributed by atoms with Crippen molar-refractivity contribution in [1.82, 2.24) is 9.21 Å². The third kappa shape index (κ3) is 5.25. The van der Waals surface area contributed by atoms with Gasteiger partial charge in [0, 0.05) is 25.6 Å². The minimum absolute atomic E-state index is 0.0978. The number of carbonyl (C=O) groups excluding carboxylic acids is 2. The fourth-order valence-corrected chi connectivity index (χ4v) is 4.91. The molecule has 2 aromatic rings. The summed E-state index contributed by atoms with van der Waals surface area (Å²) in [7, 11) is -3.86. The molecule has 1 aliphatic heterocycles. The van der Waals surface area contributed by atoms with E-state index in [4.69, 9.17) is 5.73 Å². The van der Waals surface area contributed by atoms with Crippen LogP contribution in [0.4, 0.5) is 0 Å². The van der Waals surface area contributed by atoms with E-state index in [0.29, 0.717) is 25.9 Å². The Labute approximate surface area is 177 Å². The fourth-order valence-electron chi connectivity index (χ4n) is 3.54. The van der Waals surface area contributed by atoms with Crippen LogP contribution >= 0.6 is 0 Å². The molecule has 0 atom stereocenters. The lowest BCUT2D eigenvalue weighted by Gasteiger charge is -2.32. The van der Waals surface area contributed by atoms with Crippen molar-refractivity contribution in [3.05, 3.63) is 65.7 Å². The van der Waals surface area contributed by atoms with Gasteiger partial charge in [0.25, 0.3) is 0 Å². The lowest BCUT2D eigenvalue weighted by Crippen LogP contribution is -2.46. The summed E-state index contributed by atoms with van der Waals surface area (Å²) < 4.78 is 27.8. The van der Waals surface area contributed by atoms with E-state index in [2.05, 4.69) is 0 Å². The molecule has 2 aromatic carbocycles. The average Bonchev–Trinajstić information content (AvgIpc) is 2.74. The summed E-state index contributed by atoms with van der Waals surface area (Å²) in [6.45, 7) is 2.52. The second kappa shape index (κ2) is 9.40. The minimum Gasteiger partial charge on any atom is -0.369 e. The maximum atomic E-state index is 13.3. The molecule has 1 aliphatic rings. The van der Waals surface area contributed by atoms with Crippen LogP contribution in [0.5, 0.6) is 0 Å². The maximum Gasteiger partial charge on any atom is 0.243 e. The molecule has 30 heavy (non-hydrogen) atoms. The van der Waals surface area contributed by atoms with Crippen LogP contribution in [0.1, 0.15) is 24.0 Å². The normalized spacial score (nSPS) is 15.3. The molecule has 0 spiro atoms. The van der Waals surface area contributed by atoms with Gasteiger partial charge in [0.1, 0.15) is 0 Å². The summed E-state index contributed by atoms with van der Waals surface area (Å²) in [6.07, 6.45) is 1.01. The highest BCUT2D eigenvalue weighted by atomic mass is 32.2. The molecule has 8 heteroatoms. The highest BCUT2D eigenvalue weighted by molar-refractivity contribution is 7.89. The Morgan fingerprint density at radius 3 is 2.20 bits per heavy atom. The van der Waals surface area contributed by atoms with Crippen LogP contribution in [0.15, 0.2) is 59.5 Å². The first-order chi connectivity index (χ1) is 14.3. The lowest BCUT2D eigenvalue weighted by molar-refractivity contribution is -0.135. The molecule has 0 radical (unpaired) electrons. The first-order valence-electron chi connectivity index (χ1n) is 9.95. The molecule has 1 saturated heterocycles. The number of aryl methyl sites for hydroxylation is 1. The topological polar surface area (TPSA) is 101 Å². The van der Waals surface area contributed by atoms with Crippen molar-refractivity contribution in [2.45, 2.75) is 31.2 Å². The van der Waals surface area contributed by atoms with Gasteiger partial charge in [0.05, 0.1) is 11.4 Å². The van der Waals surface area contributed by atoms with Gasteiger partial charge < -0.3 is 10.6 Å². The van der Waals surface area contributed by atoms with Crippen molar-refractivity contribution in [2.24, 2.45) is 11.7 Å². The van der Waals surface area contributed by atoms with Crippen molar-refractivity contribution in [3.8, 4) is 0 Å². The van der Waals surface area contributed by atoms with Gasteiger partial charge in [0.15, 0.2) is 0 Å². The van der Waals surface area contributed by atoms with Crippen molar-refractivity contribution in [2.75, 3.05) is 19.6 Å². The zero-order valence-electron chi connectivity index (χ0n) is 17.0. The monoisotopic (exact) mass is 429 g/mol. The molecule has 0 aliphatic carbocycles. The molecular formula is C22H27N3O4S. The van der Waals surface area contributed by atoms with Gasteiger partial charge >= 0.3 is 0 Å². The Kier molecular flexibility index (Phi) is 6.89. The standard InChI is InChI=1S/C22H27N3O4S/c1-17-7-9-20(10-8-17)30(28,29)25(15-18-5-3-2-4-6-18)16-21(26)24-13-11-19(12-14-24)22(23)27/h2-10,19H,11-16H2,1H3,(H2,23,27). The largest absolute Gasteiger partial charge is 0.369 e. The molecular weight excluding hydrogens is 402 g/mol. The van der Waals surface area contributed by atoms with E-state index in [0.717, 1.165) is 11.1 Å². The number of rotatable bonds is 7. The van der Waals surface area contributed by atoms with E-state index in [1.54, 1.807) is 29.2 Å². The van der Waals surface area contributed by atoms with E-state index in [-0.39, 0.29) is 35.7 Å². The van der Waals surface area contributed by atoms with Crippen LogP contribution < -0.4 is 5.73 Å². The van der Waals surface area contributed by atoms with Crippen LogP contribution in [-0.2, 0) is 26.2 Å². The first kappa shape index (κ1) is 22.0. The number of hydrogen-bond donors (Lipinski definition) is 1. The van der Waals surface area contributed by atoms with Crippen molar-refractivity contribution >= 4 is 21.8 Å². The molecule has 3 rings (SSSR count). The van der Waals surface area contributed by atoms with E-state index >= 15 is 0 Å². The average molecular weight is 430 g/mol. The molecule has 0 saturated carbocycles. The molecule has 1 heterocycles. The summed E-state index contributed by atoms with van der Waals surface area (Å²) in [5.41, 5.74) is 7.11. The second-order valence-corrected chi connectivity index (χ2v) is 9.57. The summed E-state index contributed by atoms with van der Waals surface area (Å²) >= 11 is 0. The van der Waals surface area contributed by atoms with E-state index in [1.165, 1.54) is 4.31 Å². The highest BCUT2D eigenvalue weighted by Gasteiger charge is 2.31. The van der Waals surface area contributed by atoms with E-state index in [9.17, 15) is 18.0 Å². The van der Waals surface area contributed by atoms with Gasteiger partial charge in [-0.1, -0.05) is 48.0 Å². The van der Waals surface area contributed by atoms with Gasteiger partial charge in [-0.25, -0.2) is 8.42 Å². The van der Waals surface area contributed by atoms with Crippen LogP contribution in [-0.4, -0.2) is 49.1 Å². The zero-order valence-corrected chi connectivity index (χ0v) is 17.8. The molecule has 0 bridgehead atoms. The predicted octanol–water partition coefficient (Wildman–Crippen LogP) is 1.91. The molecule has 160 valence electrons. The summed E-state index contributed by atoms with van der Waals surface area (Å²) in [5.74, 6) is -0.856. The van der Waals surface area contributed by atoms with Gasteiger partial charge in [-0.15, -0.1) is 0 Å². The smallest absolute Gasteiger partial charge is 0.243 e. The number of amides is 2. The fraction of sp³-hybridized carbons (Fsp3) is 0.364. The highest BCUT2D eigenvalue weighted by Crippen LogP contribution is 2.21. The van der Waals surface area contributed by atoms with Crippen LogP contribution in [0.25, 0.3) is 0 Å². The number of piperidine rings is 1. The Morgan fingerprint density at radius 2 is 1.63 bits per heavy atom. The summed E-state index contributed by atoms with van der Waals surface area (Å²) in [4.78, 5) is 26.0. The number of hydrogen-bond acceptors (Lipinski definition) is 4. The predicted molar refractivity (Wildman–Crippen MR) is 114 cm³/mol. The summed E-state index contributed by atoms with van der Waals surface area (Å²) in [6, 6.07) is 15.8. The van der Waals surface area contributed by atoms with Gasteiger partial charge in [0.2, 0.25) is 21.8 Å².